The molecule has 0 bridgehead atoms. The van der Waals surface area contributed by atoms with E-state index in [9.17, 15) is 13.6 Å². The van der Waals surface area contributed by atoms with Crippen LogP contribution in [0.2, 0.25) is 0 Å². The van der Waals surface area contributed by atoms with E-state index in [1.54, 1.807) is 6.20 Å². The Kier molecular flexibility index (Phi) is 6.38. The number of nitrogens with one attached hydrogen (secondary N) is 1. The van der Waals surface area contributed by atoms with Gasteiger partial charge in [-0.05, 0) is 55.9 Å². The van der Waals surface area contributed by atoms with Gasteiger partial charge in [0.15, 0.2) is 0 Å². The monoisotopic (exact) mass is 477 g/mol. The first kappa shape index (κ1) is 23.2. The molecule has 182 valence electrons. The first-order valence-electron chi connectivity index (χ1n) is 11.9. The summed E-state index contributed by atoms with van der Waals surface area (Å²) in [5.74, 6) is -0.120. The smallest absolute Gasteiger partial charge is 0.253 e. The molecule has 3 heterocycles. The minimum Gasteiger partial charge on any atom is -0.367 e. The van der Waals surface area contributed by atoms with Crippen LogP contribution < -0.4 is 10.2 Å². The number of rotatable bonds is 4. The van der Waals surface area contributed by atoms with Crippen molar-refractivity contribution < 1.29 is 13.6 Å². The maximum absolute atomic E-state index is 14.5. The standard InChI is InChI=1S/C27H29F2N5O/c1-18(23-16-22(28)7-8-24(23)29)34-10-9-30-26-25(34)15-21(17-31-26)19-3-5-20(6-4-19)27(35)33-13-11-32(2)12-14-33/h3-8,15-18H,9-14H2,1-2H3,(H,30,31). The molecule has 2 aromatic carbocycles. The van der Waals surface area contributed by atoms with Gasteiger partial charge in [-0.2, -0.15) is 0 Å². The Morgan fingerprint density at radius 3 is 2.46 bits per heavy atom. The van der Waals surface area contributed by atoms with Gasteiger partial charge in [0.2, 0.25) is 0 Å². The van der Waals surface area contributed by atoms with Gasteiger partial charge in [0, 0.05) is 62.2 Å². The van der Waals surface area contributed by atoms with Gasteiger partial charge < -0.3 is 20.0 Å². The van der Waals surface area contributed by atoms with Crippen LogP contribution in [0.4, 0.5) is 20.3 Å². The van der Waals surface area contributed by atoms with E-state index in [2.05, 4.69) is 22.2 Å². The Morgan fingerprint density at radius 2 is 1.71 bits per heavy atom. The van der Waals surface area contributed by atoms with Crippen LogP contribution in [-0.4, -0.2) is 67.0 Å². The van der Waals surface area contributed by atoms with Crippen molar-refractivity contribution in [3.8, 4) is 11.1 Å². The van der Waals surface area contributed by atoms with Crippen LogP contribution in [-0.2, 0) is 0 Å². The molecule has 6 nitrogen and oxygen atoms in total. The minimum atomic E-state index is -0.457. The lowest BCUT2D eigenvalue weighted by Crippen LogP contribution is -2.47. The number of anilines is 2. The fourth-order valence-electron chi connectivity index (χ4n) is 4.78. The van der Waals surface area contributed by atoms with Gasteiger partial charge in [0.05, 0.1) is 11.7 Å². The van der Waals surface area contributed by atoms with E-state index in [1.807, 2.05) is 47.1 Å². The highest BCUT2D eigenvalue weighted by Crippen LogP contribution is 2.37. The van der Waals surface area contributed by atoms with Gasteiger partial charge in [-0.3, -0.25) is 4.79 Å². The van der Waals surface area contributed by atoms with Crippen molar-refractivity contribution >= 4 is 17.4 Å². The van der Waals surface area contributed by atoms with Crippen LogP contribution in [0.5, 0.6) is 0 Å². The number of amides is 1. The van der Waals surface area contributed by atoms with E-state index in [4.69, 9.17) is 0 Å². The second-order valence-corrected chi connectivity index (χ2v) is 9.23. The van der Waals surface area contributed by atoms with Gasteiger partial charge in [0.1, 0.15) is 17.5 Å². The predicted molar refractivity (Wildman–Crippen MR) is 134 cm³/mol. The molecule has 1 unspecified atom stereocenters. The number of carbonyl (C=O) groups excluding carboxylic acids is 1. The maximum atomic E-state index is 14.5. The summed E-state index contributed by atoms with van der Waals surface area (Å²) in [6.45, 7) is 6.40. The Labute approximate surface area is 204 Å². The number of aromatic nitrogens is 1. The highest BCUT2D eigenvalue weighted by atomic mass is 19.1. The second kappa shape index (κ2) is 9.62. The molecule has 1 aromatic heterocycles. The van der Waals surface area contributed by atoms with Crippen LogP contribution in [0, 0.1) is 11.6 Å². The van der Waals surface area contributed by atoms with Gasteiger partial charge in [-0.15, -0.1) is 0 Å². The minimum absolute atomic E-state index is 0.0505. The summed E-state index contributed by atoms with van der Waals surface area (Å²) in [7, 11) is 2.06. The molecule has 5 rings (SSSR count). The van der Waals surface area contributed by atoms with Crippen LogP contribution in [0.3, 0.4) is 0 Å². The van der Waals surface area contributed by atoms with Crippen molar-refractivity contribution in [1.29, 1.82) is 0 Å². The fraction of sp³-hybridized carbons (Fsp3) is 0.333. The van der Waals surface area contributed by atoms with Crippen LogP contribution in [0.15, 0.2) is 54.7 Å². The summed E-state index contributed by atoms with van der Waals surface area (Å²) in [6, 6.07) is 12.8. The van der Waals surface area contributed by atoms with Gasteiger partial charge in [-0.25, -0.2) is 13.8 Å². The molecule has 0 saturated carbocycles. The molecule has 0 spiro atoms. The molecule has 2 aliphatic heterocycles. The zero-order valence-electron chi connectivity index (χ0n) is 20.0. The third kappa shape index (κ3) is 4.71. The van der Waals surface area contributed by atoms with Crippen molar-refractivity contribution in [2.75, 3.05) is 56.5 Å². The summed E-state index contributed by atoms with van der Waals surface area (Å²) in [5, 5.41) is 3.29. The fourth-order valence-corrected chi connectivity index (χ4v) is 4.78. The van der Waals surface area contributed by atoms with Crippen LogP contribution in [0.25, 0.3) is 11.1 Å². The normalized spacial score (nSPS) is 17.0. The summed E-state index contributed by atoms with van der Waals surface area (Å²) in [5.41, 5.74) is 3.65. The van der Waals surface area contributed by atoms with E-state index in [-0.39, 0.29) is 11.9 Å². The lowest BCUT2D eigenvalue weighted by molar-refractivity contribution is 0.0664. The first-order valence-corrected chi connectivity index (χ1v) is 11.9. The van der Waals surface area contributed by atoms with Gasteiger partial charge in [0.25, 0.3) is 5.91 Å². The number of halogens is 2. The van der Waals surface area contributed by atoms with E-state index < -0.39 is 11.6 Å². The highest BCUT2D eigenvalue weighted by Gasteiger charge is 2.26. The first-order chi connectivity index (χ1) is 16.9. The molecule has 1 atom stereocenters. The molecule has 35 heavy (non-hydrogen) atoms. The number of piperazine rings is 1. The van der Waals surface area contributed by atoms with E-state index in [1.165, 1.54) is 12.1 Å². The zero-order chi connectivity index (χ0) is 24.5. The SMILES string of the molecule is CC(c1cc(F)ccc1F)N1CCNc2ncc(-c3ccc(C(=O)N4CCN(C)CC4)cc3)cc21. The number of likely N-dealkylation sites (N-methyl/N-ethyl adjacent to an activating group) is 1. The van der Waals surface area contributed by atoms with Crippen LogP contribution >= 0.6 is 0 Å². The molecule has 1 amide bonds. The topological polar surface area (TPSA) is 51.7 Å². The Hall–Kier alpha value is -3.52. The van der Waals surface area contributed by atoms with Gasteiger partial charge in [-0.1, -0.05) is 12.1 Å². The molecule has 0 radical (unpaired) electrons. The van der Waals surface area contributed by atoms with Crippen molar-refractivity contribution in [3.05, 3.63) is 77.5 Å². The Bertz CT molecular complexity index is 1220. The Morgan fingerprint density at radius 1 is 0.971 bits per heavy atom. The number of benzene rings is 2. The molecular formula is C27H29F2N5O. The van der Waals surface area contributed by atoms with Crippen molar-refractivity contribution in [2.24, 2.45) is 0 Å². The van der Waals surface area contributed by atoms with Crippen LogP contribution in [0.1, 0.15) is 28.9 Å². The molecule has 0 aliphatic carbocycles. The highest BCUT2D eigenvalue weighted by molar-refractivity contribution is 5.95. The molecular weight excluding hydrogens is 448 g/mol. The van der Waals surface area contributed by atoms with Crippen molar-refractivity contribution in [2.45, 2.75) is 13.0 Å². The van der Waals surface area contributed by atoms with Gasteiger partial charge >= 0.3 is 0 Å². The summed E-state index contributed by atoms with van der Waals surface area (Å²) >= 11 is 0. The molecule has 1 saturated heterocycles. The maximum Gasteiger partial charge on any atom is 0.253 e. The molecule has 2 aliphatic rings. The number of hydrogen-bond acceptors (Lipinski definition) is 5. The lowest BCUT2D eigenvalue weighted by atomic mass is 10.0. The lowest BCUT2D eigenvalue weighted by Gasteiger charge is -2.36. The second-order valence-electron chi connectivity index (χ2n) is 9.23. The van der Waals surface area contributed by atoms with E-state index in [0.29, 0.717) is 30.0 Å². The molecule has 8 heteroatoms. The summed E-state index contributed by atoms with van der Waals surface area (Å²) in [6.07, 6.45) is 1.79. The number of hydrogen-bond donors (Lipinski definition) is 1. The largest absolute Gasteiger partial charge is 0.367 e. The molecule has 3 aromatic rings. The van der Waals surface area contributed by atoms with E-state index >= 15 is 0 Å². The summed E-state index contributed by atoms with van der Waals surface area (Å²) in [4.78, 5) is 23.6. The number of carbonyl (C=O) groups is 1. The number of nitrogens with zero attached hydrogens (tertiary/aromatic N) is 4. The molecule has 1 fully saturated rings. The average Bonchev–Trinajstić information content (AvgIpc) is 2.89. The summed E-state index contributed by atoms with van der Waals surface area (Å²) < 4.78 is 28.3. The average molecular weight is 478 g/mol. The number of fused-ring (bicyclic) bond motifs is 1. The number of pyridine rings is 1. The Balaban J connectivity index is 1.40. The quantitative estimate of drug-likeness (QED) is 0.604. The zero-order valence-corrected chi connectivity index (χ0v) is 20.0. The van der Waals surface area contributed by atoms with Crippen molar-refractivity contribution in [3.63, 3.8) is 0 Å². The predicted octanol–water partition coefficient (Wildman–Crippen LogP) is 4.41. The van der Waals surface area contributed by atoms with E-state index in [0.717, 1.165) is 49.1 Å². The third-order valence-corrected chi connectivity index (χ3v) is 6.95. The molecule has 1 N–H and O–H groups in total. The van der Waals surface area contributed by atoms with Crippen molar-refractivity contribution in [1.82, 2.24) is 14.8 Å². The third-order valence-electron chi connectivity index (χ3n) is 6.95.